The largest absolute Gasteiger partial charge is 0.480 e. The van der Waals surface area contributed by atoms with E-state index in [1.165, 1.54) is 0 Å². The minimum absolute atomic E-state index is 0.00989. The molecule has 1 heterocycles. The second-order valence-corrected chi connectivity index (χ2v) is 7.02. The third-order valence-electron chi connectivity index (χ3n) is 4.98. The molecule has 1 aromatic carbocycles. The smallest absolute Gasteiger partial charge is 0.336 e. The molecule has 0 bridgehead atoms. The molecule has 1 fully saturated rings. The SMILES string of the molecule is CCCc1cc(=O)oc2c(C)c(OC(C)C(=O)N(CC)C3CC3)ccc12. The van der Waals surface area contributed by atoms with Crippen LogP contribution in [0.15, 0.2) is 27.4 Å². The van der Waals surface area contributed by atoms with Crippen LogP contribution in [0.25, 0.3) is 11.0 Å². The van der Waals surface area contributed by atoms with Crippen molar-refractivity contribution in [3.8, 4) is 5.75 Å². The van der Waals surface area contributed by atoms with Crippen LogP contribution in [-0.2, 0) is 11.2 Å². The highest BCUT2D eigenvalue weighted by molar-refractivity contribution is 5.85. The number of carbonyl (C=O) groups excluding carboxylic acids is 1. The average molecular weight is 357 g/mol. The summed E-state index contributed by atoms with van der Waals surface area (Å²) in [6.45, 7) is 8.42. The zero-order valence-electron chi connectivity index (χ0n) is 16.0. The second-order valence-electron chi connectivity index (χ2n) is 7.02. The first-order chi connectivity index (χ1) is 12.5. The van der Waals surface area contributed by atoms with Crippen molar-refractivity contribution in [2.75, 3.05) is 6.54 Å². The van der Waals surface area contributed by atoms with Crippen molar-refractivity contribution >= 4 is 16.9 Å². The first kappa shape index (κ1) is 18.5. The molecule has 0 spiro atoms. The first-order valence-electron chi connectivity index (χ1n) is 9.49. The fraction of sp³-hybridized carbons (Fsp3) is 0.524. The molecule has 1 atom stereocenters. The Bertz CT molecular complexity index is 866. The molecular formula is C21H27NO4. The number of hydrogen-bond donors (Lipinski definition) is 0. The number of amides is 1. The van der Waals surface area contributed by atoms with Gasteiger partial charge in [0.25, 0.3) is 5.91 Å². The number of rotatable bonds is 7. The summed E-state index contributed by atoms with van der Waals surface area (Å²) in [5, 5.41) is 0.934. The van der Waals surface area contributed by atoms with E-state index in [9.17, 15) is 9.59 Å². The summed E-state index contributed by atoms with van der Waals surface area (Å²) in [4.78, 5) is 26.5. The van der Waals surface area contributed by atoms with Crippen molar-refractivity contribution < 1.29 is 13.9 Å². The topological polar surface area (TPSA) is 59.8 Å². The number of fused-ring (bicyclic) bond motifs is 1. The van der Waals surface area contributed by atoms with Crippen LogP contribution in [0.1, 0.15) is 51.2 Å². The normalized spacial score (nSPS) is 15.1. The van der Waals surface area contributed by atoms with Crippen LogP contribution in [0.5, 0.6) is 5.75 Å². The minimum atomic E-state index is -0.572. The molecule has 1 amide bonds. The maximum atomic E-state index is 12.7. The summed E-state index contributed by atoms with van der Waals surface area (Å²) >= 11 is 0. The van der Waals surface area contributed by atoms with Crippen LogP contribution >= 0.6 is 0 Å². The minimum Gasteiger partial charge on any atom is -0.480 e. The van der Waals surface area contributed by atoms with Gasteiger partial charge in [0.1, 0.15) is 11.3 Å². The Labute approximate surface area is 153 Å². The number of ether oxygens (including phenoxy) is 1. The van der Waals surface area contributed by atoms with E-state index in [1.807, 2.05) is 30.9 Å². The van der Waals surface area contributed by atoms with E-state index in [4.69, 9.17) is 9.15 Å². The predicted octanol–water partition coefficient (Wildman–Crippen LogP) is 3.83. The van der Waals surface area contributed by atoms with Crippen LogP contribution in [0.4, 0.5) is 0 Å². The van der Waals surface area contributed by atoms with Gasteiger partial charge in [-0.25, -0.2) is 4.79 Å². The van der Waals surface area contributed by atoms with E-state index in [-0.39, 0.29) is 11.5 Å². The Morgan fingerprint density at radius 2 is 2.08 bits per heavy atom. The Kier molecular flexibility index (Phi) is 5.35. The van der Waals surface area contributed by atoms with E-state index in [0.717, 1.165) is 42.2 Å². The maximum Gasteiger partial charge on any atom is 0.336 e. The Hall–Kier alpha value is -2.30. The molecule has 5 heteroatoms. The molecular weight excluding hydrogens is 330 g/mol. The molecule has 1 aliphatic rings. The summed E-state index contributed by atoms with van der Waals surface area (Å²) in [5.74, 6) is 0.595. The quantitative estimate of drug-likeness (QED) is 0.707. The van der Waals surface area contributed by atoms with Gasteiger partial charge in [0.2, 0.25) is 0 Å². The third kappa shape index (κ3) is 3.62. The summed E-state index contributed by atoms with van der Waals surface area (Å²) < 4.78 is 11.4. The van der Waals surface area contributed by atoms with E-state index in [1.54, 1.807) is 13.0 Å². The van der Waals surface area contributed by atoms with Crippen molar-refractivity contribution in [1.82, 2.24) is 4.90 Å². The number of benzene rings is 1. The van der Waals surface area contributed by atoms with Crippen LogP contribution in [0.3, 0.4) is 0 Å². The lowest BCUT2D eigenvalue weighted by molar-refractivity contribution is -0.138. The van der Waals surface area contributed by atoms with E-state index >= 15 is 0 Å². The van der Waals surface area contributed by atoms with Gasteiger partial charge < -0.3 is 14.1 Å². The average Bonchev–Trinajstić information content (AvgIpc) is 3.43. The monoisotopic (exact) mass is 357 g/mol. The van der Waals surface area contributed by atoms with Crippen LogP contribution < -0.4 is 10.4 Å². The molecule has 0 saturated heterocycles. The molecule has 2 aromatic rings. The van der Waals surface area contributed by atoms with Gasteiger partial charge >= 0.3 is 5.63 Å². The molecule has 1 saturated carbocycles. The van der Waals surface area contributed by atoms with Gasteiger partial charge in [0.15, 0.2) is 6.10 Å². The van der Waals surface area contributed by atoms with Gasteiger partial charge in [-0.3, -0.25) is 4.79 Å². The zero-order chi connectivity index (χ0) is 18.8. The summed E-state index contributed by atoms with van der Waals surface area (Å²) in [6.07, 6.45) is 3.36. The first-order valence-corrected chi connectivity index (χ1v) is 9.49. The number of nitrogens with zero attached hydrogens (tertiary/aromatic N) is 1. The van der Waals surface area contributed by atoms with Gasteiger partial charge in [-0.15, -0.1) is 0 Å². The second kappa shape index (κ2) is 7.52. The maximum absolute atomic E-state index is 12.7. The summed E-state index contributed by atoms with van der Waals surface area (Å²) in [5.41, 5.74) is 1.94. The summed E-state index contributed by atoms with van der Waals surface area (Å²) in [6, 6.07) is 5.72. The van der Waals surface area contributed by atoms with E-state index in [0.29, 0.717) is 23.9 Å². The molecule has 140 valence electrons. The highest BCUT2D eigenvalue weighted by Gasteiger charge is 2.34. The van der Waals surface area contributed by atoms with Crippen molar-refractivity contribution in [3.63, 3.8) is 0 Å². The van der Waals surface area contributed by atoms with E-state index < -0.39 is 6.10 Å². The molecule has 1 unspecified atom stereocenters. The van der Waals surface area contributed by atoms with Crippen LogP contribution in [0.2, 0.25) is 0 Å². The van der Waals surface area contributed by atoms with Gasteiger partial charge in [-0.1, -0.05) is 13.3 Å². The Morgan fingerprint density at radius 1 is 1.35 bits per heavy atom. The van der Waals surface area contributed by atoms with Crippen molar-refractivity contribution in [3.05, 3.63) is 39.7 Å². The van der Waals surface area contributed by atoms with Gasteiger partial charge in [-0.2, -0.15) is 0 Å². The number of aryl methyl sites for hydroxylation is 2. The molecule has 0 radical (unpaired) electrons. The zero-order valence-corrected chi connectivity index (χ0v) is 16.0. The Balaban J connectivity index is 1.89. The standard InChI is InChI=1S/C21H27NO4/c1-5-7-15-12-19(23)26-20-13(3)18(11-10-17(15)20)25-14(4)21(24)22(6-2)16-8-9-16/h10-12,14,16H,5-9H2,1-4H3. The van der Waals surface area contributed by atoms with Crippen LogP contribution in [0, 0.1) is 6.92 Å². The predicted molar refractivity (Wildman–Crippen MR) is 102 cm³/mol. The number of carbonyl (C=O) groups is 1. The fourth-order valence-electron chi connectivity index (χ4n) is 3.47. The Morgan fingerprint density at radius 3 is 2.69 bits per heavy atom. The number of likely N-dealkylation sites (N-methyl/N-ethyl adjacent to an activating group) is 1. The highest BCUT2D eigenvalue weighted by Crippen LogP contribution is 2.31. The van der Waals surface area contributed by atoms with Gasteiger partial charge in [-0.05, 0) is 57.7 Å². The number of hydrogen-bond acceptors (Lipinski definition) is 4. The summed E-state index contributed by atoms with van der Waals surface area (Å²) in [7, 11) is 0. The molecule has 3 rings (SSSR count). The molecule has 1 aliphatic carbocycles. The fourth-order valence-corrected chi connectivity index (χ4v) is 3.47. The van der Waals surface area contributed by atoms with Crippen molar-refractivity contribution in [2.45, 2.75) is 65.5 Å². The lowest BCUT2D eigenvalue weighted by atomic mass is 10.0. The molecule has 1 aromatic heterocycles. The molecule has 26 heavy (non-hydrogen) atoms. The van der Waals surface area contributed by atoms with Gasteiger partial charge in [0, 0.05) is 29.6 Å². The molecule has 5 nitrogen and oxygen atoms in total. The van der Waals surface area contributed by atoms with E-state index in [2.05, 4.69) is 6.92 Å². The van der Waals surface area contributed by atoms with Crippen molar-refractivity contribution in [2.24, 2.45) is 0 Å². The molecule has 0 N–H and O–H groups in total. The lowest BCUT2D eigenvalue weighted by Gasteiger charge is -2.25. The van der Waals surface area contributed by atoms with Gasteiger partial charge in [0.05, 0.1) is 0 Å². The van der Waals surface area contributed by atoms with Crippen molar-refractivity contribution in [1.29, 1.82) is 0 Å². The molecule has 0 aliphatic heterocycles. The lowest BCUT2D eigenvalue weighted by Crippen LogP contribution is -2.41. The third-order valence-corrected chi connectivity index (χ3v) is 4.98. The van der Waals surface area contributed by atoms with Crippen LogP contribution in [-0.4, -0.2) is 29.5 Å². The highest BCUT2D eigenvalue weighted by atomic mass is 16.5.